The van der Waals surface area contributed by atoms with Gasteiger partial charge in [-0.2, -0.15) is 0 Å². The van der Waals surface area contributed by atoms with E-state index in [0.29, 0.717) is 18.9 Å². The van der Waals surface area contributed by atoms with Gasteiger partial charge < -0.3 is 4.74 Å². The molecule has 0 aromatic heterocycles. The van der Waals surface area contributed by atoms with Crippen molar-refractivity contribution in [2.24, 2.45) is 4.99 Å². The number of rotatable bonds is 4. The lowest BCUT2D eigenvalue weighted by atomic mass is 9.90. The molecule has 5 heteroatoms. The van der Waals surface area contributed by atoms with Crippen LogP contribution in [-0.4, -0.2) is 35.5 Å². The number of nitrogens with zero attached hydrogens (tertiary/aromatic N) is 2. The number of benzene rings is 2. The first kappa shape index (κ1) is 17.7. The van der Waals surface area contributed by atoms with Crippen LogP contribution in [0.25, 0.3) is 0 Å². The SMILES string of the molecule is C[C@H](N=C1NC(=O)C2(CCN(Cc3ccccc3)CC2)O1)c1ccccc1. The third kappa shape index (κ3) is 3.88. The van der Waals surface area contributed by atoms with Gasteiger partial charge in [0.25, 0.3) is 11.9 Å². The minimum atomic E-state index is -0.761. The van der Waals surface area contributed by atoms with Crippen molar-refractivity contribution in [2.75, 3.05) is 13.1 Å². The lowest BCUT2D eigenvalue weighted by Gasteiger charge is -2.36. The van der Waals surface area contributed by atoms with Gasteiger partial charge in [0.1, 0.15) is 0 Å². The summed E-state index contributed by atoms with van der Waals surface area (Å²) in [6, 6.07) is 20.7. The number of likely N-dealkylation sites (tertiary alicyclic amines) is 1. The standard InChI is InChI=1S/C22H25N3O2/c1-17(19-10-6-3-7-11-19)23-21-24-20(26)22(27-21)12-14-25(15-13-22)16-18-8-4-2-5-9-18/h2-11,17H,12-16H2,1H3,(H,23,24,26)/t17-/m0/s1. The Kier molecular flexibility index (Phi) is 4.94. The second kappa shape index (κ2) is 7.53. The predicted octanol–water partition coefficient (Wildman–Crippen LogP) is 3.28. The molecule has 140 valence electrons. The van der Waals surface area contributed by atoms with Crippen LogP contribution in [0.2, 0.25) is 0 Å². The Bertz CT molecular complexity index is 812. The Morgan fingerprint density at radius 2 is 1.70 bits per heavy atom. The minimum Gasteiger partial charge on any atom is -0.448 e. The van der Waals surface area contributed by atoms with Crippen LogP contribution >= 0.6 is 0 Å². The zero-order chi connectivity index (χ0) is 18.7. The summed E-state index contributed by atoms with van der Waals surface area (Å²) in [5, 5.41) is 2.85. The van der Waals surface area contributed by atoms with E-state index in [2.05, 4.69) is 39.5 Å². The molecule has 2 heterocycles. The highest BCUT2D eigenvalue weighted by Crippen LogP contribution is 2.31. The molecule has 2 aliphatic heterocycles. The van der Waals surface area contributed by atoms with Crippen molar-refractivity contribution in [1.29, 1.82) is 0 Å². The van der Waals surface area contributed by atoms with E-state index in [4.69, 9.17) is 4.74 Å². The molecule has 2 fully saturated rings. The van der Waals surface area contributed by atoms with Crippen molar-refractivity contribution >= 4 is 11.9 Å². The van der Waals surface area contributed by atoms with Crippen LogP contribution in [0.3, 0.4) is 0 Å². The van der Waals surface area contributed by atoms with E-state index in [0.717, 1.165) is 25.2 Å². The topological polar surface area (TPSA) is 53.9 Å². The third-order valence-electron chi connectivity index (χ3n) is 5.43. The van der Waals surface area contributed by atoms with Crippen molar-refractivity contribution in [3.05, 3.63) is 71.8 Å². The van der Waals surface area contributed by atoms with Crippen LogP contribution in [-0.2, 0) is 16.1 Å². The van der Waals surface area contributed by atoms with E-state index < -0.39 is 5.60 Å². The molecule has 0 saturated carbocycles. The molecule has 1 spiro atoms. The van der Waals surface area contributed by atoms with Crippen LogP contribution in [0.4, 0.5) is 0 Å². The second-order valence-corrected chi connectivity index (χ2v) is 7.33. The Balaban J connectivity index is 1.39. The Labute approximate surface area is 160 Å². The van der Waals surface area contributed by atoms with Crippen molar-refractivity contribution < 1.29 is 9.53 Å². The van der Waals surface area contributed by atoms with Crippen molar-refractivity contribution in [3.63, 3.8) is 0 Å². The van der Waals surface area contributed by atoms with Gasteiger partial charge in [-0.05, 0) is 18.1 Å². The van der Waals surface area contributed by atoms with Gasteiger partial charge in [-0.3, -0.25) is 15.0 Å². The number of carbonyl (C=O) groups is 1. The van der Waals surface area contributed by atoms with Gasteiger partial charge in [0, 0.05) is 32.5 Å². The first-order chi connectivity index (χ1) is 13.1. The van der Waals surface area contributed by atoms with Crippen LogP contribution in [0, 0.1) is 0 Å². The molecule has 0 unspecified atom stereocenters. The average Bonchev–Trinajstić information content (AvgIpc) is 3.00. The smallest absolute Gasteiger partial charge is 0.293 e. The van der Waals surface area contributed by atoms with E-state index >= 15 is 0 Å². The van der Waals surface area contributed by atoms with Gasteiger partial charge >= 0.3 is 0 Å². The quantitative estimate of drug-likeness (QED) is 0.907. The summed E-state index contributed by atoms with van der Waals surface area (Å²) in [5.41, 5.74) is 1.63. The van der Waals surface area contributed by atoms with E-state index in [-0.39, 0.29) is 11.9 Å². The minimum absolute atomic E-state index is 0.0547. The Morgan fingerprint density at radius 1 is 1.07 bits per heavy atom. The number of amidine groups is 1. The predicted molar refractivity (Wildman–Crippen MR) is 105 cm³/mol. The highest BCUT2D eigenvalue weighted by atomic mass is 16.5. The number of ether oxygens (including phenoxy) is 1. The highest BCUT2D eigenvalue weighted by molar-refractivity contribution is 6.04. The maximum atomic E-state index is 12.6. The molecule has 27 heavy (non-hydrogen) atoms. The van der Waals surface area contributed by atoms with Gasteiger partial charge in [0.15, 0.2) is 5.60 Å². The average molecular weight is 363 g/mol. The fourth-order valence-corrected chi connectivity index (χ4v) is 3.75. The van der Waals surface area contributed by atoms with Crippen LogP contribution in [0.15, 0.2) is 65.7 Å². The lowest BCUT2D eigenvalue weighted by molar-refractivity contribution is -0.134. The first-order valence-corrected chi connectivity index (χ1v) is 9.54. The maximum absolute atomic E-state index is 12.6. The molecule has 0 radical (unpaired) electrons. The lowest BCUT2D eigenvalue weighted by Crippen LogP contribution is -2.49. The third-order valence-corrected chi connectivity index (χ3v) is 5.43. The summed E-state index contributed by atoms with van der Waals surface area (Å²) in [4.78, 5) is 19.6. The molecule has 1 N–H and O–H groups in total. The van der Waals surface area contributed by atoms with Gasteiger partial charge in [-0.1, -0.05) is 60.7 Å². The Hall–Kier alpha value is -2.66. The molecular weight excluding hydrogens is 338 g/mol. The largest absolute Gasteiger partial charge is 0.448 e. The summed E-state index contributed by atoms with van der Waals surface area (Å²) in [5.74, 6) is -0.0547. The molecule has 0 aliphatic carbocycles. The van der Waals surface area contributed by atoms with E-state index in [9.17, 15) is 4.79 Å². The molecule has 2 aromatic carbocycles. The molecule has 1 amide bonds. The first-order valence-electron chi connectivity index (χ1n) is 9.54. The normalized spacial score (nSPS) is 21.8. The van der Waals surface area contributed by atoms with Gasteiger partial charge in [-0.15, -0.1) is 0 Å². The maximum Gasteiger partial charge on any atom is 0.293 e. The fourth-order valence-electron chi connectivity index (χ4n) is 3.75. The highest BCUT2D eigenvalue weighted by Gasteiger charge is 2.49. The summed E-state index contributed by atoms with van der Waals surface area (Å²) in [6.45, 7) is 4.59. The number of aliphatic imine (C=N–C) groups is 1. The van der Waals surface area contributed by atoms with Crippen molar-refractivity contribution in [3.8, 4) is 0 Å². The number of carbonyl (C=O) groups excluding carboxylic acids is 1. The zero-order valence-electron chi connectivity index (χ0n) is 15.6. The summed E-state index contributed by atoms with van der Waals surface area (Å²) < 4.78 is 6.06. The van der Waals surface area contributed by atoms with E-state index in [1.165, 1.54) is 5.56 Å². The van der Waals surface area contributed by atoms with E-state index in [1.54, 1.807) is 0 Å². The summed E-state index contributed by atoms with van der Waals surface area (Å²) in [7, 11) is 0. The zero-order valence-corrected chi connectivity index (χ0v) is 15.6. The molecule has 4 rings (SSSR count). The number of hydrogen-bond acceptors (Lipinski definition) is 4. The molecule has 2 saturated heterocycles. The molecule has 2 aromatic rings. The number of amides is 1. The molecular formula is C22H25N3O2. The summed E-state index contributed by atoms with van der Waals surface area (Å²) in [6.07, 6.45) is 1.37. The second-order valence-electron chi connectivity index (χ2n) is 7.33. The van der Waals surface area contributed by atoms with Gasteiger partial charge in [0.05, 0.1) is 6.04 Å². The summed E-state index contributed by atoms with van der Waals surface area (Å²) >= 11 is 0. The molecule has 1 atom stereocenters. The van der Waals surface area contributed by atoms with Crippen molar-refractivity contribution in [1.82, 2.24) is 10.2 Å². The van der Waals surface area contributed by atoms with Crippen LogP contribution < -0.4 is 5.32 Å². The van der Waals surface area contributed by atoms with Crippen LogP contribution in [0.1, 0.15) is 36.9 Å². The van der Waals surface area contributed by atoms with Gasteiger partial charge in [-0.25, -0.2) is 4.99 Å². The molecule has 2 aliphatic rings. The van der Waals surface area contributed by atoms with Crippen molar-refractivity contribution in [2.45, 2.75) is 38.0 Å². The number of piperidine rings is 1. The molecule has 5 nitrogen and oxygen atoms in total. The van der Waals surface area contributed by atoms with Crippen LogP contribution in [0.5, 0.6) is 0 Å². The number of nitrogens with one attached hydrogen (secondary N) is 1. The molecule has 0 bridgehead atoms. The van der Waals surface area contributed by atoms with Gasteiger partial charge in [0.2, 0.25) is 0 Å². The Morgan fingerprint density at radius 3 is 2.37 bits per heavy atom. The monoisotopic (exact) mass is 363 g/mol. The van der Waals surface area contributed by atoms with E-state index in [1.807, 2.05) is 43.3 Å². The number of hydrogen-bond donors (Lipinski definition) is 1. The fraction of sp³-hybridized carbons (Fsp3) is 0.364.